The van der Waals surface area contributed by atoms with Gasteiger partial charge in [-0.25, -0.2) is 0 Å². The van der Waals surface area contributed by atoms with Crippen molar-refractivity contribution in [3.8, 4) is 11.5 Å². The molecule has 0 N–H and O–H groups in total. The van der Waals surface area contributed by atoms with Gasteiger partial charge in [-0.05, 0) is 25.0 Å². The van der Waals surface area contributed by atoms with Crippen LogP contribution in [0.15, 0.2) is 18.2 Å². The molecule has 1 unspecified atom stereocenters. The summed E-state index contributed by atoms with van der Waals surface area (Å²) in [4.78, 5) is 12.2. The van der Waals surface area contributed by atoms with Crippen LogP contribution in [0.5, 0.6) is 11.5 Å². The fraction of sp³-hybridized carbons (Fsp3) is 0.533. The molecule has 3 rings (SSSR count). The Labute approximate surface area is 112 Å². The van der Waals surface area contributed by atoms with E-state index in [-0.39, 0.29) is 11.9 Å². The Morgan fingerprint density at radius 1 is 1.26 bits per heavy atom. The Morgan fingerprint density at radius 2 is 2.05 bits per heavy atom. The number of ketones is 1. The fourth-order valence-corrected chi connectivity index (χ4v) is 2.81. The minimum atomic E-state index is -0.0176. The number of carbonyl (C=O) groups is 1. The lowest BCUT2D eigenvalue weighted by molar-refractivity contribution is 0.0119. The van der Waals surface area contributed by atoms with E-state index in [1.807, 2.05) is 0 Å². The number of hydrogen-bond donors (Lipinski definition) is 0. The van der Waals surface area contributed by atoms with Crippen LogP contribution in [0.3, 0.4) is 0 Å². The van der Waals surface area contributed by atoms with Crippen molar-refractivity contribution in [2.24, 2.45) is 5.92 Å². The van der Waals surface area contributed by atoms with E-state index in [1.54, 1.807) is 25.3 Å². The van der Waals surface area contributed by atoms with Gasteiger partial charge < -0.3 is 14.2 Å². The number of hydrogen-bond acceptors (Lipinski definition) is 4. The molecule has 2 aliphatic rings. The van der Waals surface area contributed by atoms with E-state index in [9.17, 15) is 4.79 Å². The van der Waals surface area contributed by atoms with E-state index in [4.69, 9.17) is 14.2 Å². The molecule has 19 heavy (non-hydrogen) atoms. The summed E-state index contributed by atoms with van der Waals surface area (Å²) in [5.74, 6) is 1.96. The second kappa shape index (κ2) is 5.21. The molecular formula is C15H18O4. The molecule has 0 spiro atoms. The molecule has 1 atom stereocenters. The molecule has 0 saturated carbocycles. The van der Waals surface area contributed by atoms with Gasteiger partial charge in [0.15, 0.2) is 5.78 Å². The summed E-state index contributed by atoms with van der Waals surface area (Å²) in [6, 6.07) is 5.39. The van der Waals surface area contributed by atoms with Gasteiger partial charge in [-0.1, -0.05) is 0 Å². The van der Waals surface area contributed by atoms with Gasteiger partial charge in [0, 0.05) is 31.6 Å². The SMILES string of the molecule is COc1ccc2c(c1)OC(C1CCOCC1)CC2=O. The monoisotopic (exact) mass is 262 g/mol. The lowest BCUT2D eigenvalue weighted by atomic mass is 9.87. The lowest BCUT2D eigenvalue weighted by Crippen LogP contribution is -2.36. The summed E-state index contributed by atoms with van der Waals surface area (Å²) in [6.45, 7) is 1.54. The summed E-state index contributed by atoms with van der Waals surface area (Å²) in [5, 5.41) is 0. The first-order chi connectivity index (χ1) is 9.28. The van der Waals surface area contributed by atoms with Crippen molar-refractivity contribution in [2.45, 2.75) is 25.4 Å². The zero-order valence-electron chi connectivity index (χ0n) is 11.1. The first-order valence-electron chi connectivity index (χ1n) is 6.73. The predicted molar refractivity (Wildman–Crippen MR) is 69.9 cm³/mol. The molecule has 4 heteroatoms. The quantitative estimate of drug-likeness (QED) is 0.821. The van der Waals surface area contributed by atoms with Crippen molar-refractivity contribution in [1.29, 1.82) is 0 Å². The van der Waals surface area contributed by atoms with Crippen LogP contribution < -0.4 is 9.47 Å². The number of methoxy groups -OCH3 is 1. The maximum absolute atomic E-state index is 12.2. The number of Topliss-reactive ketones (excluding diaryl/α,β-unsaturated/α-hetero) is 1. The van der Waals surface area contributed by atoms with Crippen LogP contribution >= 0.6 is 0 Å². The molecule has 4 nitrogen and oxygen atoms in total. The smallest absolute Gasteiger partial charge is 0.170 e. The van der Waals surface area contributed by atoms with Gasteiger partial charge in [0.2, 0.25) is 0 Å². The van der Waals surface area contributed by atoms with E-state index in [0.29, 0.717) is 23.7 Å². The first kappa shape index (κ1) is 12.5. The standard InChI is InChI=1S/C15H18O4/c1-17-11-2-3-12-13(16)9-14(19-15(12)8-11)10-4-6-18-7-5-10/h2-3,8,10,14H,4-7,9H2,1H3. The fourth-order valence-electron chi connectivity index (χ4n) is 2.81. The molecule has 2 heterocycles. The molecule has 1 saturated heterocycles. The zero-order valence-corrected chi connectivity index (χ0v) is 11.1. The highest BCUT2D eigenvalue weighted by Crippen LogP contribution is 2.35. The Bertz CT molecular complexity index is 477. The number of fused-ring (bicyclic) bond motifs is 1. The highest BCUT2D eigenvalue weighted by molar-refractivity contribution is 6.00. The van der Waals surface area contributed by atoms with Crippen LogP contribution in [-0.4, -0.2) is 32.2 Å². The molecule has 1 fully saturated rings. The van der Waals surface area contributed by atoms with E-state index in [0.717, 1.165) is 31.8 Å². The first-order valence-corrected chi connectivity index (χ1v) is 6.73. The zero-order chi connectivity index (χ0) is 13.2. The molecule has 1 aromatic carbocycles. The molecule has 0 bridgehead atoms. The van der Waals surface area contributed by atoms with Gasteiger partial charge in [-0.15, -0.1) is 0 Å². The largest absolute Gasteiger partial charge is 0.497 e. The number of rotatable bonds is 2. The third-order valence-electron chi connectivity index (χ3n) is 3.95. The van der Waals surface area contributed by atoms with E-state index >= 15 is 0 Å². The van der Waals surface area contributed by atoms with Crippen LogP contribution in [-0.2, 0) is 4.74 Å². The third kappa shape index (κ3) is 2.45. The average molecular weight is 262 g/mol. The molecule has 102 valence electrons. The Kier molecular flexibility index (Phi) is 3.42. The van der Waals surface area contributed by atoms with Crippen LogP contribution in [0.2, 0.25) is 0 Å². The molecule has 1 aromatic rings. The minimum absolute atomic E-state index is 0.0176. The second-order valence-corrected chi connectivity index (χ2v) is 5.10. The third-order valence-corrected chi connectivity index (χ3v) is 3.95. The molecule has 0 amide bonds. The maximum Gasteiger partial charge on any atom is 0.170 e. The van der Waals surface area contributed by atoms with Crippen LogP contribution in [0, 0.1) is 5.92 Å². The van der Waals surface area contributed by atoms with E-state index in [2.05, 4.69) is 0 Å². The van der Waals surface area contributed by atoms with Crippen molar-refractivity contribution < 1.29 is 19.0 Å². The molecular weight excluding hydrogens is 244 g/mol. The topological polar surface area (TPSA) is 44.8 Å². The maximum atomic E-state index is 12.2. The summed E-state index contributed by atoms with van der Waals surface area (Å²) in [7, 11) is 1.61. The van der Waals surface area contributed by atoms with Crippen LogP contribution in [0.25, 0.3) is 0 Å². The van der Waals surface area contributed by atoms with Gasteiger partial charge >= 0.3 is 0 Å². The van der Waals surface area contributed by atoms with Crippen molar-refractivity contribution in [3.05, 3.63) is 23.8 Å². The van der Waals surface area contributed by atoms with E-state index < -0.39 is 0 Å². The summed E-state index contributed by atoms with van der Waals surface area (Å²) in [6.07, 6.45) is 2.40. The summed E-state index contributed by atoms with van der Waals surface area (Å²) >= 11 is 0. The normalized spacial score (nSPS) is 23.6. The highest BCUT2D eigenvalue weighted by Gasteiger charge is 2.33. The molecule has 0 aliphatic carbocycles. The van der Waals surface area contributed by atoms with Gasteiger partial charge in [-0.3, -0.25) is 4.79 Å². The van der Waals surface area contributed by atoms with E-state index in [1.165, 1.54) is 0 Å². The highest BCUT2D eigenvalue weighted by atomic mass is 16.5. The minimum Gasteiger partial charge on any atom is -0.497 e. The van der Waals surface area contributed by atoms with Gasteiger partial charge in [-0.2, -0.15) is 0 Å². The molecule has 0 radical (unpaired) electrons. The predicted octanol–water partition coefficient (Wildman–Crippen LogP) is 2.46. The van der Waals surface area contributed by atoms with Gasteiger partial charge in [0.1, 0.15) is 17.6 Å². The van der Waals surface area contributed by atoms with Gasteiger partial charge in [0.25, 0.3) is 0 Å². The van der Waals surface area contributed by atoms with Crippen LogP contribution in [0.1, 0.15) is 29.6 Å². The number of benzene rings is 1. The van der Waals surface area contributed by atoms with Crippen LogP contribution in [0.4, 0.5) is 0 Å². The number of ether oxygens (including phenoxy) is 3. The number of carbonyl (C=O) groups excluding carboxylic acids is 1. The Balaban J connectivity index is 1.83. The van der Waals surface area contributed by atoms with Crippen molar-refractivity contribution in [3.63, 3.8) is 0 Å². The Hall–Kier alpha value is -1.55. The van der Waals surface area contributed by atoms with Gasteiger partial charge in [0.05, 0.1) is 12.7 Å². The van der Waals surface area contributed by atoms with Crippen molar-refractivity contribution in [2.75, 3.05) is 20.3 Å². The summed E-state index contributed by atoms with van der Waals surface area (Å²) < 4.78 is 16.6. The van der Waals surface area contributed by atoms with Crippen molar-refractivity contribution in [1.82, 2.24) is 0 Å². The molecule has 2 aliphatic heterocycles. The average Bonchev–Trinajstić information content (AvgIpc) is 2.47. The lowest BCUT2D eigenvalue weighted by Gasteiger charge is -2.33. The van der Waals surface area contributed by atoms with Crippen molar-refractivity contribution >= 4 is 5.78 Å². The second-order valence-electron chi connectivity index (χ2n) is 5.10. The summed E-state index contributed by atoms with van der Waals surface area (Å²) in [5.41, 5.74) is 0.670. The molecule has 0 aromatic heterocycles. The Morgan fingerprint density at radius 3 is 2.79 bits per heavy atom.